The highest BCUT2D eigenvalue weighted by Gasteiger charge is 2.57. The third-order valence-electron chi connectivity index (χ3n) is 12.0. The van der Waals surface area contributed by atoms with E-state index < -0.39 is 17.1 Å². The molecule has 1 amide bonds. The Morgan fingerprint density at radius 2 is 1.76 bits per heavy atom. The Balaban J connectivity index is 1.39. The summed E-state index contributed by atoms with van der Waals surface area (Å²) in [7, 11) is 4.81. The molecule has 288 valence electrons. The van der Waals surface area contributed by atoms with Gasteiger partial charge in [0.2, 0.25) is 11.7 Å². The fourth-order valence-electron chi connectivity index (χ4n) is 8.71. The number of benzene rings is 3. The van der Waals surface area contributed by atoms with Gasteiger partial charge in [-0.3, -0.25) is 9.59 Å². The Hall–Kier alpha value is -4.02. The molecule has 1 fully saturated rings. The highest BCUT2D eigenvalue weighted by molar-refractivity contribution is 7.21. The Morgan fingerprint density at radius 1 is 0.963 bits per heavy atom. The van der Waals surface area contributed by atoms with Crippen LogP contribution in [0.5, 0.6) is 11.5 Å². The molecule has 4 aromatic rings. The van der Waals surface area contributed by atoms with Gasteiger partial charge in [0.25, 0.3) is 0 Å². The molecule has 3 aliphatic carbocycles. The maximum absolute atomic E-state index is 14.6. The average molecular weight is 754 g/mol. The average Bonchev–Trinajstić information content (AvgIpc) is 3.71. The van der Waals surface area contributed by atoms with Gasteiger partial charge in [0.05, 0.1) is 37.2 Å². The number of amides is 1. The minimum absolute atomic E-state index is 0.0329. The third-order valence-corrected chi connectivity index (χ3v) is 13.1. The Bertz CT molecular complexity index is 1950. The second-order valence-electron chi connectivity index (χ2n) is 15.5. The summed E-state index contributed by atoms with van der Waals surface area (Å²) in [6.07, 6.45) is 6.92. The summed E-state index contributed by atoms with van der Waals surface area (Å²) in [6.45, 7) is 5.38. The Kier molecular flexibility index (Phi) is 12.6. The van der Waals surface area contributed by atoms with Gasteiger partial charge in [-0.15, -0.1) is 11.3 Å². The maximum atomic E-state index is 14.6. The van der Waals surface area contributed by atoms with E-state index >= 15 is 0 Å². The lowest BCUT2D eigenvalue weighted by Crippen LogP contribution is -2.54. The monoisotopic (exact) mass is 753 g/mol. The van der Waals surface area contributed by atoms with E-state index in [1.807, 2.05) is 53.4 Å². The molecule has 4 atom stereocenters. The van der Waals surface area contributed by atoms with E-state index in [0.29, 0.717) is 73.6 Å². The zero-order valence-corrected chi connectivity index (χ0v) is 33.2. The molecule has 7 rings (SSSR count). The van der Waals surface area contributed by atoms with Crippen LogP contribution in [0.1, 0.15) is 96.6 Å². The molecule has 1 aromatic heterocycles. The Labute approximate surface area is 323 Å². The van der Waals surface area contributed by atoms with Crippen molar-refractivity contribution in [2.24, 2.45) is 5.41 Å². The van der Waals surface area contributed by atoms with Crippen LogP contribution < -0.4 is 9.47 Å². The van der Waals surface area contributed by atoms with Crippen molar-refractivity contribution >= 4 is 33.1 Å². The van der Waals surface area contributed by atoms with Crippen LogP contribution in [-0.4, -0.2) is 79.5 Å². The molecule has 54 heavy (non-hydrogen) atoms. The third kappa shape index (κ3) is 8.45. The van der Waals surface area contributed by atoms with E-state index in [4.69, 9.17) is 14.2 Å². The standard InChI is InChI=1S/C45H55NO7S/c1-30-10-8-20-44(2)37(19-21-45(44,50)29-46(22-9-23-51-3)42(48)27-32-15-18-38(52-4)39(26-32)53-5)35-17-14-31(24-34(47)16-13-30)25-36(35)43(49)41-28-33-11-6-7-12-40(33)54-41/h6-7,10-12,14-15,17-18,25-26,28,34,37,47,50H,8-9,13,16,19-24,27,29H2,1-5H3/t34-,37-,44-,45+/m0/s1. The zero-order valence-electron chi connectivity index (χ0n) is 32.4. The molecule has 8 nitrogen and oxygen atoms in total. The van der Waals surface area contributed by atoms with Crippen molar-refractivity contribution in [2.45, 2.75) is 89.3 Å². The van der Waals surface area contributed by atoms with Gasteiger partial charge in [-0.25, -0.2) is 0 Å². The molecular weight excluding hydrogens is 699 g/mol. The molecule has 2 bridgehead atoms. The van der Waals surface area contributed by atoms with E-state index in [9.17, 15) is 19.8 Å². The fourth-order valence-corrected chi connectivity index (χ4v) is 9.72. The fraction of sp³-hybridized carbons (Fsp3) is 0.467. The van der Waals surface area contributed by atoms with E-state index in [-0.39, 0.29) is 30.6 Å². The van der Waals surface area contributed by atoms with Gasteiger partial charge in [0.1, 0.15) is 0 Å². The molecule has 3 aromatic carbocycles. The van der Waals surface area contributed by atoms with Crippen molar-refractivity contribution in [1.29, 1.82) is 0 Å². The summed E-state index contributed by atoms with van der Waals surface area (Å²) in [5, 5.41) is 25.1. The number of thiophene rings is 1. The predicted octanol–water partition coefficient (Wildman–Crippen LogP) is 8.30. The van der Waals surface area contributed by atoms with Crippen molar-refractivity contribution in [3.05, 3.63) is 106 Å². The number of ketones is 1. The second kappa shape index (κ2) is 17.2. The van der Waals surface area contributed by atoms with Crippen LogP contribution in [0.25, 0.3) is 10.1 Å². The normalized spacial score (nSPS) is 23.1. The van der Waals surface area contributed by atoms with Crippen LogP contribution >= 0.6 is 11.3 Å². The highest BCUT2D eigenvalue weighted by Crippen LogP contribution is 2.59. The highest BCUT2D eigenvalue weighted by atomic mass is 32.1. The van der Waals surface area contributed by atoms with Gasteiger partial charge < -0.3 is 29.3 Å². The van der Waals surface area contributed by atoms with E-state index in [2.05, 4.69) is 32.1 Å². The summed E-state index contributed by atoms with van der Waals surface area (Å²) in [5.74, 6) is 0.891. The lowest BCUT2D eigenvalue weighted by molar-refractivity contribution is -0.139. The lowest BCUT2D eigenvalue weighted by atomic mass is 9.64. The zero-order chi connectivity index (χ0) is 38.5. The first-order valence-corrected chi connectivity index (χ1v) is 20.0. The molecule has 9 heteroatoms. The molecule has 2 N–H and O–H groups in total. The second-order valence-corrected chi connectivity index (χ2v) is 16.5. The quantitative estimate of drug-likeness (QED) is 0.0853. The van der Waals surface area contributed by atoms with E-state index in [0.717, 1.165) is 39.6 Å². The number of aliphatic hydroxyl groups is 2. The molecule has 0 radical (unpaired) electrons. The van der Waals surface area contributed by atoms with Crippen LogP contribution in [0.2, 0.25) is 0 Å². The summed E-state index contributed by atoms with van der Waals surface area (Å²) in [4.78, 5) is 31.3. The number of methoxy groups -OCH3 is 3. The number of allylic oxidation sites excluding steroid dienone is 2. The van der Waals surface area contributed by atoms with Crippen LogP contribution in [0.4, 0.5) is 0 Å². The molecule has 1 heterocycles. The summed E-state index contributed by atoms with van der Waals surface area (Å²) in [6, 6.07) is 21.6. The van der Waals surface area contributed by atoms with Gasteiger partial charge >= 0.3 is 0 Å². The molecule has 0 spiro atoms. The summed E-state index contributed by atoms with van der Waals surface area (Å²) < 4.78 is 17.4. The number of carbonyl (C=O) groups is 2. The van der Waals surface area contributed by atoms with Gasteiger partial charge in [-0.05, 0) is 117 Å². The van der Waals surface area contributed by atoms with Crippen molar-refractivity contribution in [1.82, 2.24) is 4.90 Å². The number of nitrogens with zero attached hydrogens (tertiary/aromatic N) is 1. The minimum Gasteiger partial charge on any atom is -0.493 e. The van der Waals surface area contributed by atoms with E-state index in [1.54, 1.807) is 27.4 Å². The number of ether oxygens (including phenoxy) is 3. The SMILES string of the molecule is COCCCN(C[C@]1(O)CC[C@H]2c3ccc(cc3C(=O)c3cc4ccccc4s3)C[C@@H](O)CCC(C)=CCC[C@@]21C)C(=O)Cc1ccc(OC)c(OC)c1. The molecule has 0 unspecified atom stereocenters. The smallest absolute Gasteiger partial charge is 0.227 e. The topological polar surface area (TPSA) is 106 Å². The molecule has 1 saturated carbocycles. The number of hydrogen-bond acceptors (Lipinski definition) is 8. The van der Waals surface area contributed by atoms with Crippen LogP contribution in [0, 0.1) is 5.41 Å². The molecule has 0 saturated heterocycles. The maximum Gasteiger partial charge on any atom is 0.227 e. The molecule has 0 aliphatic heterocycles. The van der Waals surface area contributed by atoms with E-state index in [1.165, 1.54) is 16.9 Å². The largest absolute Gasteiger partial charge is 0.493 e. The predicted molar refractivity (Wildman–Crippen MR) is 215 cm³/mol. The number of carbonyl (C=O) groups excluding carboxylic acids is 2. The van der Waals surface area contributed by atoms with Gasteiger partial charge in [0.15, 0.2) is 11.5 Å². The first-order chi connectivity index (χ1) is 26.0. The first kappa shape index (κ1) is 39.7. The number of aliphatic hydroxyl groups excluding tert-OH is 1. The number of fused-ring (bicyclic) bond motifs is 9. The Morgan fingerprint density at radius 3 is 2.52 bits per heavy atom. The molecular formula is C45H55NO7S. The summed E-state index contributed by atoms with van der Waals surface area (Å²) in [5.41, 5.74) is 2.59. The lowest BCUT2D eigenvalue weighted by Gasteiger charge is -2.46. The summed E-state index contributed by atoms with van der Waals surface area (Å²) >= 11 is 1.50. The van der Waals surface area contributed by atoms with Crippen LogP contribution in [0.15, 0.2) is 78.4 Å². The number of rotatable bonds is 12. The van der Waals surface area contributed by atoms with Gasteiger partial charge in [-0.2, -0.15) is 0 Å². The van der Waals surface area contributed by atoms with Gasteiger partial charge in [-0.1, -0.05) is 55.0 Å². The first-order valence-electron chi connectivity index (χ1n) is 19.2. The minimum atomic E-state index is -1.23. The van der Waals surface area contributed by atoms with Crippen molar-refractivity contribution < 1.29 is 34.0 Å². The number of hydrogen-bond donors (Lipinski definition) is 2. The van der Waals surface area contributed by atoms with Gasteiger partial charge in [0, 0.05) is 42.5 Å². The van der Waals surface area contributed by atoms with Crippen LogP contribution in [0.3, 0.4) is 0 Å². The van der Waals surface area contributed by atoms with Crippen LogP contribution in [-0.2, 0) is 22.4 Å². The van der Waals surface area contributed by atoms with Crippen molar-refractivity contribution in [3.63, 3.8) is 0 Å². The van der Waals surface area contributed by atoms with Crippen molar-refractivity contribution in [3.8, 4) is 11.5 Å². The molecule has 3 aliphatic rings. The van der Waals surface area contributed by atoms with Crippen molar-refractivity contribution in [2.75, 3.05) is 41.0 Å².